The van der Waals surface area contributed by atoms with Crippen LogP contribution in [0.15, 0.2) is 30.3 Å². The maximum absolute atomic E-state index is 6.33. The number of nitrogens with zero attached hydrogens (tertiary/aromatic N) is 2. The molecule has 0 spiro atoms. The number of para-hydroxylation sites is 1. The summed E-state index contributed by atoms with van der Waals surface area (Å²) in [5.41, 5.74) is 2.44. The van der Waals surface area contributed by atoms with Crippen molar-refractivity contribution < 1.29 is 4.74 Å². The summed E-state index contributed by atoms with van der Waals surface area (Å²) in [7, 11) is 0. The van der Waals surface area contributed by atoms with Crippen molar-refractivity contribution >= 4 is 11.6 Å². The third kappa shape index (κ3) is 2.76. The fourth-order valence-corrected chi connectivity index (χ4v) is 2.80. The monoisotopic (exact) mass is 276 g/mol. The highest BCUT2D eigenvalue weighted by molar-refractivity contribution is 6.30. The Morgan fingerprint density at radius 1 is 1.21 bits per heavy atom. The molecule has 1 aromatic carbocycles. The van der Waals surface area contributed by atoms with Crippen LogP contribution in [0.1, 0.15) is 24.1 Å². The van der Waals surface area contributed by atoms with Gasteiger partial charge in [0.2, 0.25) is 0 Å². The SMILES string of the molecule is Clc1c2c(nn1CCCOc1ccccc1)CCC2. The van der Waals surface area contributed by atoms with Gasteiger partial charge in [-0.3, -0.25) is 4.68 Å². The summed E-state index contributed by atoms with van der Waals surface area (Å²) in [5, 5.41) is 5.39. The van der Waals surface area contributed by atoms with Crippen LogP contribution < -0.4 is 4.74 Å². The molecule has 0 saturated heterocycles. The molecule has 0 amide bonds. The minimum atomic E-state index is 0.685. The van der Waals surface area contributed by atoms with Crippen LogP contribution in [0.25, 0.3) is 0 Å². The number of benzene rings is 1. The van der Waals surface area contributed by atoms with E-state index in [0.29, 0.717) is 6.61 Å². The van der Waals surface area contributed by atoms with E-state index in [-0.39, 0.29) is 0 Å². The van der Waals surface area contributed by atoms with Crippen LogP contribution in [0.3, 0.4) is 0 Å². The molecule has 3 nitrogen and oxygen atoms in total. The van der Waals surface area contributed by atoms with E-state index in [0.717, 1.165) is 36.7 Å². The number of aromatic nitrogens is 2. The number of fused-ring (bicyclic) bond motifs is 1. The minimum Gasteiger partial charge on any atom is -0.494 e. The van der Waals surface area contributed by atoms with Crippen LogP contribution in [-0.2, 0) is 19.4 Å². The third-order valence-electron chi connectivity index (χ3n) is 3.43. The second-order valence-electron chi connectivity index (χ2n) is 4.81. The molecule has 1 aliphatic rings. The first-order valence-corrected chi connectivity index (χ1v) is 7.14. The van der Waals surface area contributed by atoms with Gasteiger partial charge in [-0.1, -0.05) is 29.8 Å². The zero-order valence-corrected chi connectivity index (χ0v) is 11.6. The average Bonchev–Trinajstić information content (AvgIpc) is 3.00. The van der Waals surface area contributed by atoms with E-state index in [1.54, 1.807) is 0 Å². The second kappa shape index (κ2) is 5.66. The first kappa shape index (κ1) is 12.5. The van der Waals surface area contributed by atoms with E-state index in [1.807, 2.05) is 35.0 Å². The Hall–Kier alpha value is -1.48. The molecule has 100 valence electrons. The Morgan fingerprint density at radius 2 is 2.05 bits per heavy atom. The summed E-state index contributed by atoms with van der Waals surface area (Å²) in [6.45, 7) is 1.50. The molecule has 2 aromatic rings. The van der Waals surface area contributed by atoms with Gasteiger partial charge >= 0.3 is 0 Å². The van der Waals surface area contributed by atoms with Gasteiger partial charge in [-0.05, 0) is 31.4 Å². The molecule has 0 atom stereocenters. The molecular weight excluding hydrogens is 260 g/mol. The summed E-state index contributed by atoms with van der Waals surface area (Å²) in [6, 6.07) is 9.87. The maximum Gasteiger partial charge on any atom is 0.130 e. The molecule has 1 aromatic heterocycles. The van der Waals surface area contributed by atoms with Crippen molar-refractivity contribution in [3.05, 3.63) is 46.7 Å². The van der Waals surface area contributed by atoms with Crippen molar-refractivity contribution in [2.24, 2.45) is 0 Å². The molecule has 1 heterocycles. The lowest BCUT2D eigenvalue weighted by Gasteiger charge is -2.07. The second-order valence-corrected chi connectivity index (χ2v) is 5.17. The highest BCUT2D eigenvalue weighted by atomic mass is 35.5. The Kier molecular flexibility index (Phi) is 3.74. The van der Waals surface area contributed by atoms with E-state index in [2.05, 4.69) is 5.10 Å². The molecule has 1 aliphatic carbocycles. The largest absolute Gasteiger partial charge is 0.494 e. The molecule has 0 bridgehead atoms. The van der Waals surface area contributed by atoms with Crippen LogP contribution in [-0.4, -0.2) is 16.4 Å². The summed E-state index contributed by atoms with van der Waals surface area (Å²) >= 11 is 6.33. The van der Waals surface area contributed by atoms with Crippen molar-refractivity contribution in [3.8, 4) is 5.75 Å². The predicted octanol–water partition coefficient (Wildman–Crippen LogP) is 3.49. The molecule has 0 fully saturated rings. The van der Waals surface area contributed by atoms with Gasteiger partial charge in [-0.15, -0.1) is 0 Å². The zero-order chi connectivity index (χ0) is 13.1. The standard InChI is InChI=1S/C15H17ClN2O/c16-15-13-8-4-9-14(13)17-18(15)10-5-11-19-12-6-2-1-3-7-12/h1-3,6-7H,4-5,8-11H2. The summed E-state index contributed by atoms with van der Waals surface area (Å²) in [6.07, 6.45) is 4.25. The Bertz CT molecular complexity index is 551. The number of ether oxygens (including phenoxy) is 1. The van der Waals surface area contributed by atoms with Gasteiger partial charge in [0.1, 0.15) is 10.9 Å². The Balaban J connectivity index is 1.50. The minimum absolute atomic E-state index is 0.685. The molecule has 3 rings (SSSR count). The first-order valence-electron chi connectivity index (χ1n) is 6.76. The normalized spacial score (nSPS) is 13.5. The van der Waals surface area contributed by atoms with E-state index in [9.17, 15) is 0 Å². The number of hydrogen-bond donors (Lipinski definition) is 0. The lowest BCUT2D eigenvalue weighted by Crippen LogP contribution is -2.06. The van der Waals surface area contributed by atoms with Crippen molar-refractivity contribution in [2.75, 3.05) is 6.61 Å². The molecule has 0 unspecified atom stereocenters. The van der Waals surface area contributed by atoms with E-state index < -0.39 is 0 Å². The van der Waals surface area contributed by atoms with E-state index >= 15 is 0 Å². The maximum atomic E-state index is 6.33. The molecule has 4 heteroatoms. The lowest BCUT2D eigenvalue weighted by molar-refractivity contribution is 0.298. The van der Waals surface area contributed by atoms with E-state index in [4.69, 9.17) is 16.3 Å². The topological polar surface area (TPSA) is 27.1 Å². The smallest absolute Gasteiger partial charge is 0.130 e. The number of rotatable bonds is 5. The highest BCUT2D eigenvalue weighted by Crippen LogP contribution is 2.28. The summed E-state index contributed by atoms with van der Waals surface area (Å²) in [4.78, 5) is 0. The average molecular weight is 277 g/mol. The Labute approximate surface area is 118 Å². The quantitative estimate of drug-likeness (QED) is 0.782. The highest BCUT2D eigenvalue weighted by Gasteiger charge is 2.20. The van der Waals surface area contributed by atoms with Crippen molar-refractivity contribution in [2.45, 2.75) is 32.2 Å². The van der Waals surface area contributed by atoms with Crippen molar-refractivity contribution in [3.63, 3.8) is 0 Å². The molecule has 0 saturated carbocycles. The molecule has 0 aliphatic heterocycles. The molecule has 19 heavy (non-hydrogen) atoms. The van der Waals surface area contributed by atoms with Gasteiger partial charge in [0.15, 0.2) is 0 Å². The van der Waals surface area contributed by atoms with Crippen molar-refractivity contribution in [1.82, 2.24) is 9.78 Å². The molecule has 0 radical (unpaired) electrons. The van der Waals surface area contributed by atoms with Crippen LogP contribution in [0.2, 0.25) is 5.15 Å². The lowest BCUT2D eigenvalue weighted by atomic mass is 10.3. The summed E-state index contributed by atoms with van der Waals surface area (Å²) < 4.78 is 7.58. The van der Waals surface area contributed by atoms with Gasteiger partial charge in [0.05, 0.1) is 12.3 Å². The number of aryl methyl sites for hydroxylation is 2. The predicted molar refractivity (Wildman–Crippen MR) is 75.8 cm³/mol. The van der Waals surface area contributed by atoms with Crippen LogP contribution in [0.5, 0.6) is 5.75 Å². The van der Waals surface area contributed by atoms with Gasteiger partial charge in [-0.25, -0.2) is 0 Å². The first-order chi connectivity index (χ1) is 9.34. The summed E-state index contributed by atoms with van der Waals surface area (Å²) in [5.74, 6) is 0.913. The van der Waals surface area contributed by atoms with Crippen molar-refractivity contribution in [1.29, 1.82) is 0 Å². The zero-order valence-electron chi connectivity index (χ0n) is 10.8. The van der Waals surface area contributed by atoms with Crippen LogP contribution in [0.4, 0.5) is 0 Å². The van der Waals surface area contributed by atoms with Crippen LogP contribution in [0, 0.1) is 0 Å². The fourth-order valence-electron chi connectivity index (χ4n) is 2.47. The Morgan fingerprint density at radius 3 is 2.84 bits per heavy atom. The van der Waals surface area contributed by atoms with Gasteiger partial charge in [-0.2, -0.15) is 5.10 Å². The molecular formula is C15H17ClN2O. The van der Waals surface area contributed by atoms with Gasteiger partial charge in [0, 0.05) is 18.5 Å². The van der Waals surface area contributed by atoms with Gasteiger partial charge in [0.25, 0.3) is 0 Å². The number of halogens is 1. The van der Waals surface area contributed by atoms with Crippen LogP contribution >= 0.6 is 11.6 Å². The van der Waals surface area contributed by atoms with Gasteiger partial charge < -0.3 is 4.74 Å². The fraction of sp³-hybridized carbons (Fsp3) is 0.400. The molecule has 0 N–H and O–H groups in total. The third-order valence-corrected chi connectivity index (χ3v) is 3.86. The number of hydrogen-bond acceptors (Lipinski definition) is 2. The van der Waals surface area contributed by atoms with E-state index in [1.165, 1.54) is 17.7 Å².